The molecule has 0 unspecified atom stereocenters. The van der Waals surface area contributed by atoms with Gasteiger partial charge in [0.15, 0.2) is 9.96 Å². The van der Waals surface area contributed by atoms with Crippen LogP contribution >= 0.6 is 23.1 Å². The smallest absolute Gasteiger partial charge is 0.338 e. The van der Waals surface area contributed by atoms with Crippen LogP contribution in [-0.4, -0.2) is 39.1 Å². The summed E-state index contributed by atoms with van der Waals surface area (Å²) in [7, 11) is 1.53. The van der Waals surface area contributed by atoms with E-state index in [9.17, 15) is 24.5 Å². The number of aryl methyl sites for hydroxylation is 1. The normalized spacial score (nSPS) is 14.6. The molecule has 0 bridgehead atoms. The number of nitro benzene ring substituents is 1. The molecule has 0 amide bonds. The van der Waals surface area contributed by atoms with Crippen molar-refractivity contribution in [3.05, 3.63) is 117 Å². The average molecular weight is 648 g/mol. The molecule has 2 aromatic carbocycles. The Labute approximate surface area is 264 Å². The van der Waals surface area contributed by atoms with Gasteiger partial charge < -0.3 is 14.5 Å². The molecule has 0 saturated carbocycles. The number of nitrogens with zero attached hydrogens (tertiary/aromatic N) is 4. The quantitative estimate of drug-likeness (QED) is 0.116. The number of H-pyrrole nitrogens is 1. The molecule has 5 rings (SSSR count). The summed E-state index contributed by atoms with van der Waals surface area (Å²) in [4.78, 5) is 63.5. The lowest BCUT2D eigenvalue weighted by Crippen LogP contribution is -2.40. The zero-order chi connectivity index (χ0) is 32.2. The number of hydrogen-bond acceptors (Lipinski definition) is 11. The Bertz CT molecular complexity index is 2080. The van der Waals surface area contributed by atoms with Gasteiger partial charge in [0, 0.05) is 28.8 Å². The van der Waals surface area contributed by atoms with E-state index in [1.807, 2.05) is 13.0 Å². The second-order valence-electron chi connectivity index (χ2n) is 9.96. The first-order valence-electron chi connectivity index (χ1n) is 14.0. The number of rotatable bonds is 10. The van der Waals surface area contributed by atoms with Crippen LogP contribution in [0.15, 0.2) is 84.4 Å². The minimum atomic E-state index is -0.848. The van der Waals surface area contributed by atoms with Gasteiger partial charge in [0.05, 0.1) is 40.5 Å². The third-order valence-electron chi connectivity index (χ3n) is 6.85. The van der Waals surface area contributed by atoms with E-state index in [0.717, 1.165) is 23.1 Å². The number of aromatic nitrogens is 3. The van der Waals surface area contributed by atoms with Gasteiger partial charge in [-0.1, -0.05) is 48.6 Å². The summed E-state index contributed by atoms with van der Waals surface area (Å²) in [6.07, 6.45) is 2.74. The van der Waals surface area contributed by atoms with Crippen molar-refractivity contribution in [1.29, 1.82) is 0 Å². The molecule has 0 aliphatic carbocycles. The van der Waals surface area contributed by atoms with E-state index in [4.69, 9.17) is 14.5 Å². The Hall–Kier alpha value is -4.82. The summed E-state index contributed by atoms with van der Waals surface area (Å²) in [6.45, 7) is 5.52. The first kappa shape index (κ1) is 31.6. The molecule has 45 heavy (non-hydrogen) atoms. The van der Waals surface area contributed by atoms with Gasteiger partial charge in [0.1, 0.15) is 5.75 Å². The Morgan fingerprint density at radius 1 is 1.20 bits per heavy atom. The summed E-state index contributed by atoms with van der Waals surface area (Å²) >= 11 is 2.22. The van der Waals surface area contributed by atoms with Gasteiger partial charge in [0.2, 0.25) is 0 Å². The van der Waals surface area contributed by atoms with Crippen LogP contribution in [0.2, 0.25) is 0 Å². The first-order valence-corrected chi connectivity index (χ1v) is 15.7. The molecular weight excluding hydrogens is 619 g/mol. The maximum atomic E-state index is 14.2. The SMILES string of the molecule is CCCC1=C(C(=O)OCC)[C@H](c2cccc(OC)c2)n2c(s/c(=C/c3cc([N+](=O)[O-])ccc3Sc3nc(C)cc(=O)[nH]3)c2=O)=N1. The molecule has 232 valence electrons. The lowest BCUT2D eigenvalue weighted by Gasteiger charge is -2.26. The molecule has 0 saturated heterocycles. The number of esters is 1. The highest BCUT2D eigenvalue weighted by Crippen LogP contribution is 2.34. The van der Waals surface area contributed by atoms with Crippen molar-refractivity contribution in [3.8, 4) is 5.75 Å². The second kappa shape index (κ2) is 13.4. The lowest BCUT2D eigenvalue weighted by molar-refractivity contribution is -0.384. The minimum Gasteiger partial charge on any atom is -0.497 e. The van der Waals surface area contributed by atoms with Gasteiger partial charge in [-0.3, -0.25) is 24.3 Å². The van der Waals surface area contributed by atoms with E-state index in [0.29, 0.717) is 56.0 Å². The molecule has 1 N–H and O–H groups in total. The van der Waals surface area contributed by atoms with Crippen LogP contribution in [0.25, 0.3) is 6.08 Å². The number of allylic oxidation sites excluding steroid dienone is 1. The number of nitro groups is 1. The minimum absolute atomic E-state index is 0.144. The number of benzene rings is 2. The van der Waals surface area contributed by atoms with Gasteiger partial charge in [0.25, 0.3) is 16.8 Å². The van der Waals surface area contributed by atoms with Gasteiger partial charge in [-0.2, -0.15) is 0 Å². The highest BCUT2D eigenvalue weighted by atomic mass is 32.2. The second-order valence-corrected chi connectivity index (χ2v) is 12.0. The zero-order valence-electron chi connectivity index (χ0n) is 24.9. The van der Waals surface area contributed by atoms with Crippen LogP contribution < -0.4 is 25.2 Å². The summed E-state index contributed by atoms with van der Waals surface area (Å²) in [6, 6.07) is 11.9. The van der Waals surface area contributed by atoms with Crippen LogP contribution in [0.5, 0.6) is 5.75 Å². The maximum Gasteiger partial charge on any atom is 0.338 e. The van der Waals surface area contributed by atoms with Crippen LogP contribution in [0.1, 0.15) is 49.6 Å². The van der Waals surface area contributed by atoms with Gasteiger partial charge in [-0.15, -0.1) is 0 Å². The third kappa shape index (κ3) is 6.66. The molecular formula is C31H29N5O7S2. The number of hydrogen-bond donors (Lipinski definition) is 1. The fourth-order valence-electron chi connectivity index (χ4n) is 4.95. The zero-order valence-corrected chi connectivity index (χ0v) is 26.5. The van der Waals surface area contributed by atoms with E-state index in [-0.39, 0.29) is 28.0 Å². The molecule has 3 heterocycles. The van der Waals surface area contributed by atoms with Crippen molar-refractivity contribution in [2.75, 3.05) is 13.7 Å². The molecule has 1 aliphatic heterocycles. The van der Waals surface area contributed by atoms with Crippen LogP contribution in [-0.2, 0) is 9.53 Å². The summed E-state index contributed by atoms with van der Waals surface area (Å²) in [5.74, 6) is -0.0169. The number of thiazole rings is 1. The molecule has 0 radical (unpaired) electrons. The maximum absolute atomic E-state index is 14.2. The van der Waals surface area contributed by atoms with Crippen molar-refractivity contribution < 1.29 is 19.2 Å². The monoisotopic (exact) mass is 647 g/mol. The number of non-ortho nitro benzene ring substituents is 1. The average Bonchev–Trinajstić information content (AvgIpc) is 3.31. The highest BCUT2D eigenvalue weighted by molar-refractivity contribution is 7.99. The third-order valence-corrected chi connectivity index (χ3v) is 8.81. The molecule has 4 aromatic rings. The molecule has 2 aromatic heterocycles. The highest BCUT2D eigenvalue weighted by Gasteiger charge is 2.34. The number of fused-ring (bicyclic) bond motifs is 1. The van der Waals surface area contributed by atoms with Crippen LogP contribution in [0.4, 0.5) is 5.69 Å². The van der Waals surface area contributed by atoms with Crippen molar-refractivity contribution in [2.24, 2.45) is 4.99 Å². The molecule has 1 atom stereocenters. The Balaban J connectivity index is 1.75. The predicted molar refractivity (Wildman–Crippen MR) is 169 cm³/mol. The largest absolute Gasteiger partial charge is 0.497 e. The summed E-state index contributed by atoms with van der Waals surface area (Å²) < 4.78 is 12.6. The number of carbonyl (C=O) groups is 1. The number of ether oxygens (including phenoxy) is 2. The van der Waals surface area contributed by atoms with Gasteiger partial charge in [-0.25, -0.2) is 14.8 Å². The Morgan fingerprint density at radius 3 is 2.69 bits per heavy atom. The van der Waals surface area contributed by atoms with Crippen molar-refractivity contribution >= 4 is 40.8 Å². The summed E-state index contributed by atoms with van der Waals surface area (Å²) in [5, 5.41) is 12.0. The lowest BCUT2D eigenvalue weighted by atomic mass is 9.94. The first-order chi connectivity index (χ1) is 21.6. The number of carbonyl (C=O) groups excluding carboxylic acids is 1. The number of methoxy groups -OCH3 is 1. The van der Waals surface area contributed by atoms with Crippen molar-refractivity contribution in [2.45, 2.75) is 49.7 Å². The molecule has 1 aliphatic rings. The fourth-order valence-corrected chi connectivity index (χ4v) is 6.88. The van der Waals surface area contributed by atoms with E-state index in [1.165, 1.54) is 29.9 Å². The summed E-state index contributed by atoms with van der Waals surface area (Å²) in [5.41, 5.74) is 1.37. The molecule has 14 heteroatoms. The van der Waals surface area contributed by atoms with E-state index < -0.39 is 22.5 Å². The van der Waals surface area contributed by atoms with E-state index >= 15 is 0 Å². The van der Waals surface area contributed by atoms with Crippen LogP contribution in [0.3, 0.4) is 0 Å². The number of nitrogens with one attached hydrogen (secondary N) is 1. The molecule has 0 spiro atoms. The molecule has 12 nitrogen and oxygen atoms in total. The van der Waals surface area contributed by atoms with E-state index in [1.54, 1.807) is 44.2 Å². The predicted octanol–water partition coefficient (Wildman–Crippen LogP) is 4.04. The van der Waals surface area contributed by atoms with Gasteiger partial charge in [-0.05, 0) is 55.7 Å². The topological polar surface area (TPSA) is 159 Å². The van der Waals surface area contributed by atoms with Crippen LogP contribution in [0, 0.1) is 17.0 Å². The Kier molecular flexibility index (Phi) is 9.44. The van der Waals surface area contributed by atoms with Crippen molar-refractivity contribution in [1.82, 2.24) is 14.5 Å². The van der Waals surface area contributed by atoms with E-state index in [2.05, 4.69) is 9.97 Å². The van der Waals surface area contributed by atoms with Gasteiger partial charge >= 0.3 is 5.97 Å². The standard InChI is InChI=1S/C31H29N5O7S2/c1-5-8-22-26(29(39)43-6-2)27(18-9-7-10-21(15-18)42-4)35-28(38)24(45-31(35)33-22)16-19-14-20(36(40)41)11-12-23(19)44-30-32-17(3)13-25(37)34-30/h7,9-16,27H,5-6,8H2,1-4H3,(H,32,34,37)/b24-16+/t27-/m0/s1. The number of aromatic amines is 1. The Morgan fingerprint density at radius 2 is 2.00 bits per heavy atom. The molecule has 0 fully saturated rings. The van der Waals surface area contributed by atoms with Crippen molar-refractivity contribution in [3.63, 3.8) is 0 Å². The fraction of sp³-hybridized carbons (Fsp3) is 0.258.